The second kappa shape index (κ2) is 9.49. The van der Waals surface area contributed by atoms with Gasteiger partial charge in [0.15, 0.2) is 11.9 Å². The second-order valence-corrected chi connectivity index (χ2v) is 7.97. The molecule has 192 valence electrons. The van der Waals surface area contributed by atoms with Crippen molar-refractivity contribution in [3.05, 3.63) is 77.9 Å². The summed E-state index contributed by atoms with van der Waals surface area (Å²) < 4.78 is 115. The van der Waals surface area contributed by atoms with E-state index in [0.717, 1.165) is 29.2 Å². The summed E-state index contributed by atoms with van der Waals surface area (Å²) in [4.78, 5) is 1.13. The predicted octanol–water partition coefficient (Wildman–Crippen LogP) is 6.39. The molecule has 36 heavy (non-hydrogen) atoms. The Bertz CT molecular complexity index is 1220. The van der Waals surface area contributed by atoms with Gasteiger partial charge in [0.1, 0.15) is 24.0 Å². The second-order valence-electron chi connectivity index (χ2n) is 7.97. The highest BCUT2D eigenvalue weighted by Gasteiger charge is 2.42. The number of hydrogen-bond donors (Lipinski definition) is 1. The third-order valence-electron chi connectivity index (χ3n) is 5.46. The summed E-state index contributed by atoms with van der Waals surface area (Å²) in [5.41, 5.74) is 0.391. The quantitative estimate of drug-likeness (QED) is 0.397. The fraction of sp³-hybridized carbons (Fsp3) is 0.250. The van der Waals surface area contributed by atoms with Crippen LogP contribution >= 0.6 is 0 Å². The Kier molecular flexibility index (Phi) is 6.74. The number of benzene rings is 3. The van der Waals surface area contributed by atoms with E-state index in [1.807, 2.05) is 0 Å². The third-order valence-corrected chi connectivity index (χ3v) is 5.46. The average molecular weight is 519 g/mol. The normalized spacial score (nSPS) is 16.8. The van der Waals surface area contributed by atoms with Crippen molar-refractivity contribution in [3.63, 3.8) is 0 Å². The zero-order valence-electron chi connectivity index (χ0n) is 18.1. The summed E-state index contributed by atoms with van der Waals surface area (Å²) in [6.07, 6.45) is -12.8. The van der Waals surface area contributed by atoms with E-state index in [2.05, 4.69) is 4.74 Å². The lowest BCUT2D eigenvalue weighted by Gasteiger charge is -2.40. The molecule has 12 heteroatoms. The van der Waals surface area contributed by atoms with Gasteiger partial charge in [-0.1, -0.05) is 24.3 Å². The smallest absolute Gasteiger partial charge is 0.488 e. The molecule has 0 radical (unpaired) electrons. The summed E-state index contributed by atoms with van der Waals surface area (Å²) in [6, 6.07) is 10.5. The Morgan fingerprint density at radius 1 is 0.944 bits per heavy atom. The number of anilines is 1. The van der Waals surface area contributed by atoms with E-state index >= 15 is 0 Å². The van der Waals surface area contributed by atoms with Gasteiger partial charge < -0.3 is 19.5 Å². The van der Waals surface area contributed by atoms with Crippen LogP contribution in [0.3, 0.4) is 0 Å². The first-order chi connectivity index (χ1) is 16.8. The van der Waals surface area contributed by atoms with Crippen LogP contribution in [0, 0.1) is 11.6 Å². The van der Waals surface area contributed by atoms with Crippen molar-refractivity contribution in [1.29, 1.82) is 0 Å². The maximum Gasteiger partial charge on any atom is 0.573 e. The number of aliphatic hydroxyl groups is 1. The largest absolute Gasteiger partial charge is 0.573 e. The number of ether oxygens (including phenoxy) is 2. The number of para-hydroxylation sites is 1. The van der Waals surface area contributed by atoms with Crippen molar-refractivity contribution >= 4 is 5.69 Å². The van der Waals surface area contributed by atoms with Gasteiger partial charge in [0.25, 0.3) is 0 Å². The number of rotatable bonds is 5. The summed E-state index contributed by atoms with van der Waals surface area (Å²) in [6.45, 7) is -1.34. The minimum atomic E-state index is -4.99. The van der Waals surface area contributed by atoms with E-state index in [1.165, 1.54) is 30.3 Å². The third kappa shape index (κ3) is 5.64. The molecule has 0 aromatic heterocycles. The molecule has 4 nitrogen and oxygen atoms in total. The van der Waals surface area contributed by atoms with Crippen LogP contribution < -0.4 is 14.4 Å². The molecule has 0 unspecified atom stereocenters. The lowest BCUT2D eigenvalue weighted by molar-refractivity contribution is -0.274. The molecule has 2 atom stereocenters. The summed E-state index contributed by atoms with van der Waals surface area (Å²) in [5.74, 6) is -2.37. The molecule has 0 fully saturated rings. The van der Waals surface area contributed by atoms with E-state index in [9.17, 15) is 40.2 Å². The maximum absolute atomic E-state index is 13.8. The van der Waals surface area contributed by atoms with Crippen molar-refractivity contribution in [2.45, 2.75) is 24.7 Å². The van der Waals surface area contributed by atoms with Gasteiger partial charge in [0.05, 0.1) is 18.3 Å². The van der Waals surface area contributed by atoms with Crippen LogP contribution in [0.15, 0.2) is 60.7 Å². The van der Waals surface area contributed by atoms with Crippen LogP contribution in [0.4, 0.5) is 40.8 Å². The van der Waals surface area contributed by atoms with Gasteiger partial charge in [0, 0.05) is 11.6 Å². The number of alkyl halides is 6. The molecular formula is C24H17F8NO3. The van der Waals surface area contributed by atoms with Crippen LogP contribution in [-0.2, 0) is 0 Å². The minimum absolute atomic E-state index is 0.00387. The summed E-state index contributed by atoms with van der Waals surface area (Å²) >= 11 is 0. The van der Waals surface area contributed by atoms with Crippen molar-refractivity contribution in [3.8, 4) is 22.6 Å². The number of fused-ring (bicyclic) bond motifs is 1. The zero-order chi connectivity index (χ0) is 26.3. The molecule has 1 aliphatic heterocycles. The first-order valence-corrected chi connectivity index (χ1v) is 10.4. The van der Waals surface area contributed by atoms with Gasteiger partial charge in [0.2, 0.25) is 0 Å². The molecule has 0 spiro atoms. The van der Waals surface area contributed by atoms with Crippen molar-refractivity contribution in [1.82, 2.24) is 0 Å². The van der Waals surface area contributed by atoms with E-state index in [4.69, 9.17) is 4.74 Å². The Hall–Kier alpha value is -3.54. The SMILES string of the molecule is O[C@@H](CN1c2cccc(-c3cc(F)cc(F)c3)c2OC[C@@H]1c1cccc(OC(F)(F)F)c1)C(F)(F)F. The monoisotopic (exact) mass is 519 g/mol. The predicted molar refractivity (Wildman–Crippen MR) is 113 cm³/mol. The number of aliphatic hydroxyl groups excluding tert-OH is 1. The topological polar surface area (TPSA) is 41.9 Å². The van der Waals surface area contributed by atoms with Gasteiger partial charge >= 0.3 is 12.5 Å². The molecule has 0 bridgehead atoms. The lowest BCUT2D eigenvalue weighted by Crippen LogP contribution is -2.46. The van der Waals surface area contributed by atoms with Crippen molar-refractivity contribution < 1.29 is 49.7 Å². The highest BCUT2D eigenvalue weighted by molar-refractivity contribution is 5.80. The van der Waals surface area contributed by atoms with Gasteiger partial charge in [-0.3, -0.25) is 0 Å². The molecule has 3 aromatic carbocycles. The van der Waals surface area contributed by atoms with Crippen molar-refractivity contribution in [2.75, 3.05) is 18.1 Å². The first-order valence-electron chi connectivity index (χ1n) is 10.4. The molecule has 0 saturated carbocycles. The Balaban J connectivity index is 1.80. The number of nitrogens with zero attached hydrogens (tertiary/aromatic N) is 1. The molecule has 1 N–H and O–H groups in total. The van der Waals surface area contributed by atoms with Crippen LogP contribution in [0.25, 0.3) is 11.1 Å². The Morgan fingerprint density at radius 2 is 1.61 bits per heavy atom. The highest BCUT2D eigenvalue weighted by atomic mass is 19.4. The zero-order valence-corrected chi connectivity index (χ0v) is 18.1. The number of hydrogen-bond acceptors (Lipinski definition) is 4. The highest BCUT2D eigenvalue weighted by Crippen LogP contribution is 2.46. The van der Waals surface area contributed by atoms with Crippen molar-refractivity contribution in [2.24, 2.45) is 0 Å². The van der Waals surface area contributed by atoms with Gasteiger partial charge in [-0.25, -0.2) is 8.78 Å². The molecule has 1 heterocycles. The fourth-order valence-electron chi connectivity index (χ4n) is 3.97. The molecule has 0 amide bonds. The van der Waals surface area contributed by atoms with Gasteiger partial charge in [-0.05, 0) is 41.5 Å². The van der Waals surface area contributed by atoms with Crippen LogP contribution in [0.5, 0.6) is 11.5 Å². The van der Waals surface area contributed by atoms with Crippen LogP contribution in [-0.4, -0.2) is 36.9 Å². The molecule has 3 aromatic rings. The Labute approximate surface area is 199 Å². The van der Waals surface area contributed by atoms with Crippen LogP contribution in [0.2, 0.25) is 0 Å². The van der Waals surface area contributed by atoms with E-state index < -0.39 is 48.6 Å². The average Bonchev–Trinajstić information content (AvgIpc) is 2.76. The first kappa shape index (κ1) is 25.5. The van der Waals surface area contributed by atoms with Crippen LogP contribution in [0.1, 0.15) is 11.6 Å². The summed E-state index contributed by atoms with van der Waals surface area (Å²) in [7, 11) is 0. The lowest BCUT2D eigenvalue weighted by atomic mass is 9.98. The fourth-order valence-corrected chi connectivity index (χ4v) is 3.97. The molecule has 0 saturated heterocycles. The Morgan fingerprint density at radius 3 is 2.25 bits per heavy atom. The van der Waals surface area contributed by atoms with Gasteiger partial charge in [-0.2, -0.15) is 13.2 Å². The van der Waals surface area contributed by atoms with E-state index in [1.54, 1.807) is 0 Å². The standard InChI is InChI=1S/C24H17F8NO3/c25-15-7-14(8-16(26)10-15)18-5-2-6-19-22(18)35-12-20(33(19)11-21(34)23(27,28)29)13-3-1-4-17(9-13)36-24(30,31)32/h1-10,20-21,34H,11-12H2/t20-,21+/m1/s1. The summed E-state index contributed by atoms with van der Waals surface area (Å²) in [5, 5.41) is 9.81. The maximum atomic E-state index is 13.8. The molecular weight excluding hydrogens is 502 g/mol. The van der Waals surface area contributed by atoms with Gasteiger partial charge in [-0.15, -0.1) is 13.2 Å². The molecule has 4 rings (SSSR count). The number of halogens is 8. The number of β-amino-alcohol motifs (C(OH)–C–C–N with tert-alkyl or cyclic N) is 1. The van der Waals surface area contributed by atoms with E-state index in [-0.39, 0.29) is 34.7 Å². The molecule has 0 aliphatic carbocycles. The van der Waals surface area contributed by atoms with E-state index in [0.29, 0.717) is 6.07 Å². The minimum Gasteiger partial charge on any atom is -0.488 e. The molecule has 1 aliphatic rings.